The second-order valence-electron chi connectivity index (χ2n) is 5.80. The highest BCUT2D eigenvalue weighted by molar-refractivity contribution is 5.76. The number of benzene rings is 1. The van der Waals surface area contributed by atoms with Gasteiger partial charge in [-0.05, 0) is 18.6 Å². The molecule has 25 heavy (non-hydrogen) atoms. The molecule has 0 spiro atoms. The van der Waals surface area contributed by atoms with Gasteiger partial charge >= 0.3 is 5.97 Å². The number of nitrogens with one attached hydrogen (secondary N) is 2. The number of ether oxygens (including phenoxy) is 1. The molecule has 0 radical (unpaired) electrons. The van der Waals surface area contributed by atoms with Gasteiger partial charge in [0.25, 0.3) is 0 Å². The van der Waals surface area contributed by atoms with Crippen LogP contribution in [0.25, 0.3) is 11.3 Å². The van der Waals surface area contributed by atoms with Gasteiger partial charge in [-0.15, -0.1) is 0 Å². The molecule has 2 N–H and O–H groups in total. The molecule has 0 bridgehead atoms. The van der Waals surface area contributed by atoms with E-state index in [0.717, 1.165) is 11.3 Å². The van der Waals surface area contributed by atoms with Crippen molar-refractivity contribution in [3.05, 3.63) is 66.2 Å². The Morgan fingerprint density at radius 1 is 1.20 bits per heavy atom. The molecular formula is C18H17N3O4. The summed E-state index contributed by atoms with van der Waals surface area (Å²) < 4.78 is 16.0. The van der Waals surface area contributed by atoms with Gasteiger partial charge in [-0.1, -0.05) is 35.5 Å². The van der Waals surface area contributed by atoms with Crippen molar-refractivity contribution in [3.8, 4) is 11.3 Å². The lowest BCUT2D eigenvalue weighted by Gasteiger charge is -2.08. The van der Waals surface area contributed by atoms with E-state index in [1.54, 1.807) is 12.3 Å². The number of nitrogens with zero attached hydrogens (tertiary/aromatic N) is 1. The van der Waals surface area contributed by atoms with Gasteiger partial charge in [0.2, 0.25) is 0 Å². The molecule has 2 unspecified atom stereocenters. The molecule has 0 saturated carbocycles. The zero-order chi connectivity index (χ0) is 17.1. The van der Waals surface area contributed by atoms with Crippen molar-refractivity contribution < 1.29 is 18.5 Å². The summed E-state index contributed by atoms with van der Waals surface area (Å²) in [5.74, 6) is 1.09. The van der Waals surface area contributed by atoms with E-state index in [1.165, 1.54) is 0 Å². The first kappa shape index (κ1) is 15.6. The topological polar surface area (TPSA) is 89.5 Å². The Balaban J connectivity index is 1.31. The molecule has 1 aliphatic heterocycles. The predicted molar refractivity (Wildman–Crippen MR) is 87.9 cm³/mol. The van der Waals surface area contributed by atoms with Crippen molar-refractivity contribution in [3.63, 3.8) is 0 Å². The molecule has 4 rings (SSSR count). The van der Waals surface area contributed by atoms with Crippen LogP contribution in [0.2, 0.25) is 0 Å². The van der Waals surface area contributed by atoms with Crippen LogP contribution >= 0.6 is 0 Å². The molecule has 0 amide bonds. The number of aromatic nitrogens is 1. The highest BCUT2D eigenvalue weighted by Gasteiger charge is 2.32. The van der Waals surface area contributed by atoms with Crippen molar-refractivity contribution in [2.45, 2.75) is 25.1 Å². The van der Waals surface area contributed by atoms with E-state index in [2.05, 4.69) is 16.0 Å². The lowest BCUT2D eigenvalue weighted by Crippen LogP contribution is -2.37. The molecule has 1 aromatic carbocycles. The maximum Gasteiger partial charge on any atom is 0.324 e. The van der Waals surface area contributed by atoms with Gasteiger partial charge in [-0.3, -0.25) is 4.79 Å². The highest BCUT2D eigenvalue weighted by atomic mass is 16.5. The van der Waals surface area contributed by atoms with E-state index in [0.29, 0.717) is 17.9 Å². The number of carbonyl (C=O) groups excluding carboxylic acids is 1. The van der Waals surface area contributed by atoms with E-state index < -0.39 is 6.04 Å². The third kappa shape index (κ3) is 3.47. The Hall–Kier alpha value is -2.90. The minimum Gasteiger partial charge on any atom is -0.468 e. The van der Waals surface area contributed by atoms with Gasteiger partial charge in [0.05, 0.1) is 12.3 Å². The number of hydrazine groups is 1. The number of rotatable bonds is 5. The third-order valence-electron chi connectivity index (χ3n) is 4.05. The quantitative estimate of drug-likeness (QED) is 0.691. The molecule has 1 saturated heterocycles. The minimum atomic E-state index is -0.435. The summed E-state index contributed by atoms with van der Waals surface area (Å²) in [6.45, 7) is 0.0682. The number of furan rings is 1. The van der Waals surface area contributed by atoms with E-state index in [-0.39, 0.29) is 18.6 Å². The van der Waals surface area contributed by atoms with Crippen LogP contribution in [-0.4, -0.2) is 17.2 Å². The summed E-state index contributed by atoms with van der Waals surface area (Å²) >= 11 is 0. The molecule has 7 nitrogen and oxygen atoms in total. The lowest BCUT2D eigenvalue weighted by molar-refractivity contribution is -0.147. The SMILES string of the molecule is O=C(OCc1cc(-c2ccccc2)on1)C1CC(c2ccco2)NN1. The number of hydrogen-bond acceptors (Lipinski definition) is 7. The van der Waals surface area contributed by atoms with Crippen molar-refractivity contribution >= 4 is 5.97 Å². The first-order valence-corrected chi connectivity index (χ1v) is 8.02. The van der Waals surface area contributed by atoms with Gasteiger partial charge in [-0.2, -0.15) is 0 Å². The Morgan fingerprint density at radius 2 is 2.08 bits per heavy atom. The van der Waals surface area contributed by atoms with E-state index >= 15 is 0 Å². The van der Waals surface area contributed by atoms with Crippen molar-refractivity contribution in [1.29, 1.82) is 0 Å². The molecule has 1 fully saturated rings. The summed E-state index contributed by atoms with van der Waals surface area (Å²) in [4.78, 5) is 12.2. The molecule has 7 heteroatoms. The van der Waals surface area contributed by atoms with Crippen LogP contribution in [0.3, 0.4) is 0 Å². The molecule has 0 aliphatic carbocycles. The molecule has 3 aromatic rings. The summed E-state index contributed by atoms with van der Waals surface area (Å²) in [5, 5.41) is 3.94. The average molecular weight is 339 g/mol. The van der Waals surface area contributed by atoms with E-state index in [9.17, 15) is 4.79 Å². The third-order valence-corrected chi connectivity index (χ3v) is 4.05. The van der Waals surface area contributed by atoms with Crippen LogP contribution in [0, 0.1) is 0 Å². The van der Waals surface area contributed by atoms with Crippen molar-refractivity contribution in [2.24, 2.45) is 0 Å². The zero-order valence-corrected chi connectivity index (χ0v) is 13.3. The van der Waals surface area contributed by atoms with Crippen LogP contribution < -0.4 is 10.9 Å². The maximum atomic E-state index is 12.2. The molecular weight excluding hydrogens is 322 g/mol. The first-order valence-electron chi connectivity index (χ1n) is 8.02. The number of carbonyl (C=O) groups is 1. The summed E-state index contributed by atoms with van der Waals surface area (Å²) in [7, 11) is 0. The van der Waals surface area contributed by atoms with Gasteiger partial charge < -0.3 is 13.7 Å². The Labute approximate surface area is 143 Å². The summed E-state index contributed by atoms with van der Waals surface area (Å²) in [5.41, 5.74) is 7.47. The van der Waals surface area contributed by atoms with Crippen LogP contribution in [0.4, 0.5) is 0 Å². The minimum absolute atomic E-state index is 0.0516. The smallest absolute Gasteiger partial charge is 0.324 e. The molecule has 1 aliphatic rings. The van der Waals surface area contributed by atoms with E-state index in [4.69, 9.17) is 13.7 Å². The van der Waals surface area contributed by atoms with E-state index in [1.807, 2.05) is 42.5 Å². The molecule has 2 atom stereocenters. The first-order chi connectivity index (χ1) is 12.3. The van der Waals surface area contributed by atoms with Gasteiger partial charge in [-0.25, -0.2) is 10.9 Å². The fourth-order valence-corrected chi connectivity index (χ4v) is 2.75. The van der Waals surface area contributed by atoms with Crippen LogP contribution in [0.1, 0.15) is 23.9 Å². The average Bonchev–Trinajstić information content (AvgIpc) is 3.41. The van der Waals surface area contributed by atoms with Crippen molar-refractivity contribution in [2.75, 3.05) is 0 Å². The Bertz CT molecular complexity index is 829. The largest absolute Gasteiger partial charge is 0.468 e. The summed E-state index contributed by atoms with van der Waals surface area (Å²) in [6.07, 6.45) is 2.16. The number of esters is 1. The monoisotopic (exact) mass is 339 g/mol. The zero-order valence-electron chi connectivity index (χ0n) is 13.3. The fraction of sp³-hybridized carbons (Fsp3) is 0.222. The normalized spacial score (nSPS) is 19.8. The standard InChI is InChI=1S/C18H17N3O4/c22-18(15-10-14(19-20-15)16-7-4-8-23-16)24-11-13-9-17(25-21-13)12-5-2-1-3-6-12/h1-9,14-15,19-20H,10-11H2. The van der Waals surface area contributed by atoms with Gasteiger partial charge in [0.1, 0.15) is 24.1 Å². The van der Waals surface area contributed by atoms with Crippen LogP contribution in [0.15, 0.2) is 63.7 Å². The Morgan fingerprint density at radius 3 is 2.88 bits per heavy atom. The second-order valence-corrected chi connectivity index (χ2v) is 5.80. The van der Waals surface area contributed by atoms with Gasteiger partial charge in [0, 0.05) is 11.6 Å². The molecule has 128 valence electrons. The maximum absolute atomic E-state index is 12.2. The predicted octanol–water partition coefficient (Wildman–Crippen LogP) is 2.59. The molecule has 3 heterocycles. The highest BCUT2D eigenvalue weighted by Crippen LogP contribution is 2.23. The van der Waals surface area contributed by atoms with Gasteiger partial charge in [0.15, 0.2) is 5.76 Å². The van der Waals surface area contributed by atoms with Crippen LogP contribution in [0.5, 0.6) is 0 Å². The fourth-order valence-electron chi connectivity index (χ4n) is 2.75. The lowest BCUT2D eigenvalue weighted by atomic mass is 10.1. The van der Waals surface area contributed by atoms with Crippen LogP contribution in [-0.2, 0) is 16.1 Å². The van der Waals surface area contributed by atoms with Crippen molar-refractivity contribution in [1.82, 2.24) is 16.0 Å². The molecule has 2 aromatic heterocycles. The Kier molecular flexibility index (Phi) is 4.32. The number of hydrogen-bond donors (Lipinski definition) is 2. The summed E-state index contributed by atoms with van der Waals surface area (Å²) in [6, 6.07) is 14.6. The second kappa shape index (κ2) is 6.92.